The third kappa shape index (κ3) is 4.80. The monoisotopic (exact) mass is 741 g/mol. The lowest BCUT2D eigenvalue weighted by molar-refractivity contribution is 0.668. The lowest BCUT2D eigenvalue weighted by Gasteiger charge is -2.33. The molecule has 1 aliphatic carbocycles. The first-order valence-electron chi connectivity index (χ1n) is 19.8. The topological polar surface area (TPSA) is 29.5 Å². The van der Waals surface area contributed by atoms with Gasteiger partial charge >= 0.3 is 0 Å². The van der Waals surface area contributed by atoms with Crippen LogP contribution in [0.1, 0.15) is 22.3 Å². The zero-order chi connectivity index (χ0) is 38.2. The Morgan fingerprint density at radius 2 is 0.828 bits per heavy atom. The van der Waals surface area contributed by atoms with Crippen LogP contribution in [0.25, 0.3) is 66.1 Å². The molecule has 0 bridgehead atoms. The van der Waals surface area contributed by atoms with Gasteiger partial charge in [-0.05, 0) is 105 Å². The summed E-state index contributed by atoms with van der Waals surface area (Å²) in [7, 11) is 0. The van der Waals surface area contributed by atoms with Crippen molar-refractivity contribution in [3.63, 3.8) is 0 Å². The predicted molar refractivity (Wildman–Crippen MR) is 238 cm³/mol. The van der Waals surface area contributed by atoms with Gasteiger partial charge in [-0.2, -0.15) is 0 Å². The molecule has 1 aliphatic rings. The number of fused-ring (bicyclic) bond motifs is 9. The van der Waals surface area contributed by atoms with Gasteiger partial charge in [0, 0.05) is 44.7 Å². The highest BCUT2D eigenvalue weighted by atomic mass is 16.3. The SMILES string of the molecule is c1ccc(-c2ccc(N(c3ccc4c(c3)oc3ccc(C5(c6ccccc6)c6ccccc6-c6ccccc65)cc34)c3ccc4oc5ccccc5c4c3)cc2)cc1. The Morgan fingerprint density at radius 3 is 1.59 bits per heavy atom. The summed E-state index contributed by atoms with van der Waals surface area (Å²) in [4.78, 5) is 2.31. The van der Waals surface area contributed by atoms with Gasteiger partial charge in [-0.3, -0.25) is 0 Å². The van der Waals surface area contributed by atoms with Crippen LogP contribution in [0, 0.1) is 0 Å². The first-order valence-corrected chi connectivity index (χ1v) is 19.8. The van der Waals surface area contributed by atoms with Crippen LogP contribution in [0.2, 0.25) is 0 Å². The van der Waals surface area contributed by atoms with E-state index in [2.05, 4.69) is 205 Å². The molecule has 272 valence electrons. The van der Waals surface area contributed by atoms with Gasteiger partial charge in [0.1, 0.15) is 22.3 Å². The maximum absolute atomic E-state index is 6.76. The first-order chi connectivity index (χ1) is 28.7. The minimum atomic E-state index is -0.481. The van der Waals surface area contributed by atoms with Crippen molar-refractivity contribution in [2.45, 2.75) is 5.41 Å². The van der Waals surface area contributed by atoms with E-state index in [1.54, 1.807) is 0 Å². The average molecular weight is 742 g/mol. The Balaban J connectivity index is 1.03. The zero-order valence-electron chi connectivity index (χ0n) is 31.5. The Hall–Kier alpha value is -7.62. The standard InChI is InChI=1S/C55H35NO2/c1-3-13-36(14-4-1)37-23-26-40(27-24-37)56(41-29-32-53-48(34-41)45-19-9-12-22-51(45)57-53)42-28-30-46-47-33-39(25-31-52(47)58-54(46)35-42)55(38-15-5-2-6-16-38)49-20-10-7-17-43(49)44-18-8-11-21-50(44)55/h1-35H. The zero-order valence-corrected chi connectivity index (χ0v) is 31.5. The normalized spacial score (nSPS) is 13.0. The smallest absolute Gasteiger partial charge is 0.137 e. The molecule has 3 nitrogen and oxygen atoms in total. The number of rotatable bonds is 6. The molecule has 0 saturated carbocycles. The molecule has 11 aromatic rings. The second-order valence-corrected chi connectivity index (χ2v) is 15.2. The molecular formula is C55H35NO2. The summed E-state index contributed by atoms with van der Waals surface area (Å²) in [6.45, 7) is 0. The second kappa shape index (κ2) is 12.7. The largest absolute Gasteiger partial charge is 0.456 e. The van der Waals surface area contributed by atoms with E-state index in [9.17, 15) is 0 Å². The van der Waals surface area contributed by atoms with Crippen LogP contribution >= 0.6 is 0 Å². The minimum Gasteiger partial charge on any atom is -0.456 e. The maximum Gasteiger partial charge on any atom is 0.137 e. The maximum atomic E-state index is 6.76. The molecule has 0 aliphatic heterocycles. The van der Waals surface area contributed by atoms with E-state index in [1.807, 2.05) is 12.1 Å². The van der Waals surface area contributed by atoms with Crippen LogP contribution in [-0.4, -0.2) is 0 Å². The van der Waals surface area contributed by atoms with Crippen molar-refractivity contribution in [2.75, 3.05) is 4.90 Å². The van der Waals surface area contributed by atoms with Crippen LogP contribution in [0.5, 0.6) is 0 Å². The fourth-order valence-electron chi connectivity index (χ4n) is 9.58. The lowest BCUT2D eigenvalue weighted by atomic mass is 9.67. The van der Waals surface area contributed by atoms with Crippen molar-refractivity contribution in [2.24, 2.45) is 0 Å². The Labute approximate surface area is 335 Å². The van der Waals surface area contributed by atoms with E-state index in [0.717, 1.165) is 60.9 Å². The van der Waals surface area contributed by atoms with Gasteiger partial charge in [0.05, 0.1) is 5.41 Å². The number of anilines is 3. The molecule has 0 atom stereocenters. The Kier molecular flexibility index (Phi) is 7.14. The summed E-state index contributed by atoms with van der Waals surface area (Å²) in [5, 5.41) is 4.36. The van der Waals surface area contributed by atoms with E-state index in [4.69, 9.17) is 8.83 Å². The van der Waals surface area contributed by atoms with Crippen molar-refractivity contribution in [3.8, 4) is 22.3 Å². The summed E-state index contributed by atoms with van der Waals surface area (Å²) in [6, 6.07) is 76.2. The van der Waals surface area contributed by atoms with Crippen LogP contribution in [0.15, 0.2) is 221 Å². The molecule has 0 amide bonds. The molecule has 9 aromatic carbocycles. The molecular weight excluding hydrogens is 707 g/mol. The number of benzene rings is 9. The highest BCUT2D eigenvalue weighted by molar-refractivity contribution is 6.08. The quantitative estimate of drug-likeness (QED) is 0.170. The molecule has 0 radical (unpaired) electrons. The van der Waals surface area contributed by atoms with Gasteiger partial charge in [-0.25, -0.2) is 0 Å². The number of hydrogen-bond acceptors (Lipinski definition) is 3. The van der Waals surface area contributed by atoms with Crippen molar-refractivity contribution in [3.05, 3.63) is 235 Å². The van der Waals surface area contributed by atoms with Gasteiger partial charge < -0.3 is 13.7 Å². The van der Waals surface area contributed by atoms with Gasteiger partial charge in [0.25, 0.3) is 0 Å². The molecule has 3 heteroatoms. The van der Waals surface area contributed by atoms with Crippen LogP contribution in [0.4, 0.5) is 17.1 Å². The highest BCUT2D eigenvalue weighted by Crippen LogP contribution is 2.56. The summed E-state index contributed by atoms with van der Waals surface area (Å²) in [6.07, 6.45) is 0. The molecule has 58 heavy (non-hydrogen) atoms. The van der Waals surface area contributed by atoms with Crippen LogP contribution in [-0.2, 0) is 5.41 Å². The third-order valence-corrected chi connectivity index (χ3v) is 12.2. The number of para-hydroxylation sites is 1. The fourth-order valence-corrected chi connectivity index (χ4v) is 9.58. The number of nitrogens with zero attached hydrogens (tertiary/aromatic N) is 1. The Bertz CT molecular complexity index is 3290. The molecule has 0 saturated heterocycles. The molecule has 0 fully saturated rings. The third-order valence-electron chi connectivity index (χ3n) is 12.2. The van der Waals surface area contributed by atoms with Crippen molar-refractivity contribution in [1.29, 1.82) is 0 Å². The molecule has 2 heterocycles. The highest BCUT2D eigenvalue weighted by Gasteiger charge is 2.46. The Morgan fingerprint density at radius 1 is 0.310 bits per heavy atom. The van der Waals surface area contributed by atoms with Gasteiger partial charge in [-0.15, -0.1) is 0 Å². The predicted octanol–water partition coefficient (Wildman–Crippen LogP) is 15.0. The molecule has 0 spiro atoms. The molecule has 0 N–H and O–H groups in total. The van der Waals surface area contributed by atoms with Gasteiger partial charge in [0.2, 0.25) is 0 Å². The van der Waals surface area contributed by atoms with Crippen LogP contribution < -0.4 is 4.90 Å². The van der Waals surface area contributed by atoms with Crippen molar-refractivity contribution < 1.29 is 8.83 Å². The summed E-state index contributed by atoms with van der Waals surface area (Å²) in [5.74, 6) is 0. The second-order valence-electron chi connectivity index (χ2n) is 15.2. The van der Waals surface area contributed by atoms with E-state index in [0.29, 0.717) is 0 Å². The van der Waals surface area contributed by atoms with E-state index < -0.39 is 5.41 Å². The van der Waals surface area contributed by atoms with E-state index in [-0.39, 0.29) is 0 Å². The minimum absolute atomic E-state index is 0.481. The number of furan rings is 2. The first kappa shape index (κ1) is 32.6. The van der Waals surface area contributed by atoms with Crippen molar-refractivity contribution >= 4 is 60.9 Å². The van der Waals surface area contributed by atoms with E-state index in [1.165, 1.54) is 44.5 Å². The molecule has 2 aromatic heterocycles. The average Bonchev–Trinajstić information content (AvgIpc) is 3.95. The molecule has 12 rings (SSSR count). The number of hydrogen-bond donors (Lipinski definition) is 0. The fraction of sp³-hybridized carbons (Fsp3) is 0.0182. The van der Waals surface area contributed by atoms with Gasteiger partial charge in [-0.1, -0.05) is 146 Å². The summed E-state index contributed by atoms with van der Waals surface area (Å²) >= 11 is 0. The van der Waals surface area contributed by atoms with Gasteiger partial charge in [0.15, 0.2) is 0 Å². The lowest BCUT2D eigenvalue weighted by Crippen LogP contribution is -2.28. The van der Waals surface area contributed by atoms with Crippen molar-refractivity contribution in [1.82, 2.24) is 0 Å². The van der Waals surface area contributed by atoms with Crippen LogP contribution in [0.3, 0.4) is 0 Å². The van der Waals surface area contributed by atoms with E-state index >= 15 is 0 Å². The molecule has 0 unspecified atom stereocenters. The summed E-state index contributed by atoms with van der Waals surface area (Å²) < 4.78 is 13.0. The summed E-state index contributed by atoms with van der Waals surface area (Å²) in [5.41, 5.74) is 16.0.